The van der Waals surface area contributed by atoms with Gasteiger partial charge in [0.1, 0.15) is 5.75 Å². The lowest BCUT2D eigenvalue weighted by Crippen LogP contribution is -2.36. The molecule has 0 atom stereocenters. The van der Waals surface area contributed by atoms with Crippen LogP contribution in [-0.4, -0.2) is 34.0 Å². The summed E-state index contributed by atoms with van der Waals surface area (Å²) >= 11 is 6.17. The molecule has 0 aliphatic carbocycles. The minimum atomic E-state index is -0.0333. The van der Waals surface area contributed by atoms with E-state index in [1.54, 1.807) is 25.3 Å². The van der Waals surface area contributed by atoms with Crippen molar-refractivity contribution in [2.24, 2.45) is 0 Å². The number of imidazole rings is 1. The number of nitrogens with zero attached hydrogens (tertiary/aromatic N) is 3. The van der Waals surface area contributed by atoms with E-state index >= 15 is 0 Å². The Labute approximate surface area is 169 Å². The first-order chi connectivity index (χ1) is 13.7. The molecule has 0 saturated carbocycles. The third-order valence-corrected chi connectivity index (χ3v) is 5.46. The summed E-state index contributed by atoms with van der Waals surface area (Å²) in [6, 6.07) is 15.6. The zero-order chi connectivity index (χ0) is 19.5. The fourth-order valence-corrected chi connectivity index (χ4v) is 3.87. The summed E-state index contributed by atoms with van der Waals surface area (Å²) in [5, 5.41) is 0.441. The van der Waals surface area contributed by atoms with Crippen molar-refractivity contribution in [1.29, 1.82) is 0 Å². The topological polar surface area (TPSA) is 47.4 Å². The molecular formula is C22H22ClN3O2. The number of ether oxygens (including phenoxy) is 1. The zero-order valence-electron chi connectivity index (χ0n) is 15.8. The maximum absolute atomic E-state index is 12.9. The van der Waals surface area contributed by atoms with Gasteiger partial charge in [-0.3, -0.25) is 4.79 Å². The van der Waals surface area contributed by atoms with Crippen LogP contribution in [0.15, 0.2) is 54.9 Å². The molecule has 0 spiro atoms. The van der Waals surface area contributed by atoms with Gasteiger partial charge in [0.05, 0.1) is 30.7 Å². The van der Waals surface area contributed by atoms with E-state index < -0.39 is 0 Å². The van der Waals surface area contributed by atoms with Crippen LogP contribution in [0.3, 0.4) is 0 Å². The van der Waals surface area contributed by atoms with Crippen LogP contribution in [0.5, 0.6) is 5.75 Å². The van der Waals surface area contributed by atoms with Crippen LogP contribution in [-0.2, 0) is 25.9 Å². The number of aryl methyl sites for hydroxylation is 2. The van der Waals surface area contributed by atoms with Crippen LogP contribution in [0.25, 0.3) is 0 Å². The molecule has 4 rings (SSSR count). The lowest BCUT2D eigenvalue weighted by molar-refractivity contribution is 0.0731. The van der Waals surface area contributed by atoms with Crippen molar-refractivity contribution in [2.75, 3.05) is 13.7 Å². The first-order valence-electron chi connectivity index (χ1n) is 9.35. The van der Waals surface area contributed by atoms with Crippen LogP contribution in [0.1, 0.15) is 27.3 Å². The fourth-order valence-electron chi connectivity index (χ4n) is 3.61. The highest BCUT2D eigenvalue weighted by atomic mass is 35.5. The summed E-state index contributed by atoms with van der Waals surface area (Å²) in [6.45, 7) is 2.09. The number of methoxy groups -OCH3 is 1. The number of carbonyl (C=O) groups excluding carboxylic acids is 1. The third-order valence-electron chi connectivity index (χ3n) is 5.16. The summed E-state index contributed by atoms with van der Waals surface area (Å²) in [5.74, 6) is 0.533. The quantitative estimate of drug-likeness (QED) is 0.656. The number of benzene rings is 2. The molecule has 3 aromatic rings. The molecule has 0 N–H and O–H groups in total. The summed E-state index contributed by atoms with van der Waals surface area (Å²) in [6.07, 6.45) is 3.67. The van der Waals surface area contributed by atoms with Gasteiger partial charge in [0, 0.05) is 30.8 Å². The van der Waals surface area contributed by atoms with Gasteiger partial charge in [0.15, 0.2) is 0 Å². The van der Waals surface area contributed by atoms with E-state index in [2.05, 4.69) is 33.8 Å². The Bertz CT molecular complexity index is 985. The molecule has 2 aromatic carbocycles. The van der Waals surface area contributed by atoms with Crippen LogP contribution in [0, 0.1) is 0 Å². The van der Waals surface area contributed by atoms with Crippen LogP contribution < -0.4 is 4.74 Å². The van der Waals surface area contributed by atoms with Gasteiger partial charge in [-0.1, -0.05) is 41.9 Å². The van der Waals surface area contributed by atoms with Crippen LogP contribution in [0.2, 0.25) is 5.02 Å². The van der Waals surface area contributed by atoms with Crippen molar-refractivity contribution in [2.45, 2.75) is 25.9 Å². The standard InChI is InChI=1S/C22H22ClN3O2/c1-28-21-8-7-17(13-18(21)23)22(27)25-12-10-20-19(14-25)24-15-26(20)11-9-16-5-3-2-4-6-16/h2-8,13,15H,9-12,14H2,1H3. The monoisotopic (exact) mass is 395 g/mol. The molecule has 6 heteroatoms. The average Bonchev–Trinajstić information content (AvgIpc) is 3.14. The van der Waals surface area contributed by atoms with Gasteiger partial charge in [-0.25, -0.2) is 4.98 Å². The van der Waals surface area contributed by atoms with E-state index in [0.717, 1.165) is 25.1 Å². The number of hydrogen-bond acceptors (Lipinski definition) is 3. The molecule has 2 heterocycles. The summed E-state index contributed by atoms with van der Waals surface area (Å²) < 4.78 is 7.38. The van der Waals surface area contributed by atoms with E-state index in [1.807, 2.05) is 17.3 Å². The zero-order valence-corrected chi connectivity index (χ0v) is 16.5. The number of halogens is 1. The van der Waals surface area contributed by atoms with Crippen molar-refractivity contribution >= 4 is 17.5 Å². The molecule has 0 bridgehead atoms. The SMILES string of the molecule is COc1ccc(C(=O)N2CCc3c(ncn3CCc3ccccc3)C2)cc1Cl. The second-order valence-corrected chi connectivity index (χ2v) is 7.30. The highest BCUT2D eigenvalue weighted by molar-refractivity contribution is 6.32. The van der Waals surface area contributed by atoms with Gasteiger partial charge in [0.25, 0.3) is 5.91 Å². The first-order valence-corrected chi connectivity index (χ1v) is 9.73. The Hall–Kier alpha value is -2.79. The summed E-state index contributed by atoms with van der Waals surface area (Å²) in [4.78, 5) is 19.3. The third kappa shape index (κ3) is 3.76. The lowest BCUT2D eigenvalue weighted by atomic mass is 10.1. The van der Waals surface area contributed by atoms with Crippen molar-refractivity contribution in [3.63, 3.8) is 0 Å². The minimum Gasteiger partial charge on any atom is -0.495 e. The molecule has 0 radical (unpaired) electrons. The molecule has 0 fully saturated rings. The number of carbonyl (C=O) groups is 1. The maximum atomic E-state index is 12.9. The van der Waals surface area contributed by atoms with Crippen molar-refractivity contribution < 1.29 is 9.53 Å². The van der Waals surface area contributed by atoms with Crippen LogP contribution >= 0.6 is 11.6 Å². The average molecular weight is 396 g/mol. The normalized spacial score (nSPS) is 13.3. The molecule has 0 unspecified atom stereocenters. The Balaban J connectivity index is 1.44. The second-order valence-electron chi connectivity index (χ2n) is 6.89. The van der Waals surface area contributed by atoms with Gasteiger partial charge in [-0.2, -0.15) is 0 Å². The molecule has 0 saturated heterocycles. The predicted octanol–water partition coefficient (Wildman–Crippen LogP) is 3.99. The molecule has 144 valence electrons. The predicted molar refractivity (Wildman–Crippen MR) is 109 cm³/mol. The number of amides is 1. The Morgan fingerprint density at radius 2 is 2.04 bits per heavy atom. The minimum absolute atomic E-state index is 0.0333. The molecule has 1 amide bonds. The highest BCUT2D eigenvalue weighted by Gasteiger charge is 2.25. The van der Waals surface area contributed by atoms with Gasteiger partial charge in [-0.05, 0) is 30.2 Å². The van der Waals surface area contributed by atoms with Crippen molar-refractivity contribution in [3.05, 3.63) is 82.4 Å². The first kappa shape index (κ1) is 18.6. The number of aromatic nitrogens is 2. The van der Waals surface area contributed by atoms with Crippen LogP contribution in [0.4, 0.5) is 0 Å². The van der Waals surface area contributed by atoms with Crippen molar-refractivity contribution in [1.82, 2.24) is 14.5 Å². The molecule has 1 aromatic heterocycles. The smallest absolute Gasteiger partial charge is 0.254 e. The highest BCUT2D eigenvalue weighted by Crippen LogP contribution is 2.27. The fraction of sp³-hybridized carbons (Fsp3) is 0.273. The molecule has 1 aliphatic heterocycles. The summed E-state index contributed by atoms with van der Waals surface area (Å²) in [7, 11) is 1.56. The van der Waals surface area contributed by atoms with E-state index in [0.29, 0.717) is 29.4 Å². The molecule has 1 aliphatic rings. The van der Waals surface area contributed by atoms with E-state index in [-0.39, 0.29) is 5.91 Å². The maximum Gasteiger partial charge on any atom is 0.254 e. The van der Waals surface area contributed by atoms with E-state index in [1.165, 1.54) is 11.3 Å². The molecule has 28 heavy (non-hydrogen) atoms. The van der Waals surface area contributed by atoms with E-state index in [9.17, 15) is 4.79 Å². The van der Waals surface area contributed by atoms with E-state index in [4.69, 9.17) is 16.3 Å². The van der Waals surface area contributed by atoms with Gasteiger partial charge in [0.2, 0.25) is 0 Å². The number of rotatable bonds is 5. The summed E-state index contributed by atoms with van der Waals surface area (Å²) in [5.41, 5.74) is 4.09. The molecular weight excluding hydrogens is 374 g/mol. The van der Waals surface area contributed by atoms with Gasteiger partial charge >= 0.3 is 0 Å². The number of fused-ring (bicyclic) bond motifs is 1. The van der Waals surface area contributed by atoms with Gasteiger partial charge < -0.3 is 14.2 Å². The Kier molecular flexibility index (Phi) is 5.35. The number of hydrogen-bond donors (Lipinski definition) is 0. The largest absolute Gasteiger partial charge is 0.495 e. The molecule has 5 nitrogen and oxygen atoms in total. The second kappa shape index (κ2) is 8.07. The Morgan fingerprint density at radius 1 is 1.21 bits per heavy atom. The van der Waals surface area contributed by atoms with Gasteiger partial charge in [-0.15, -0.1) is 0 Å². The lowest BCUT2D eigenvalue weighted by Gasteiger charge is -2.27. The van der Waals surface area contributed by atoms with Crippen molar-refractivity contribution in [3.8, 4) is 5.75 Å². The Morgan fingerprint density at radius 3 is 2.79 bits per heavy atom.